The van der Waals surface area contributed by atoms with Gasteiger partial charge in [0.1, 0.15) is 11.6 Å². The Morgan fingerprint density at radius 2 is 1.72 bits per heavy atom. The van der Waals surface area contributed by atoms with Crippen LogP contribution < -0.4 is 15.5 Å². The van der Waals surface area contributed by atoms with Gasteiger partial charge in [0.05, 0.1) is 19.6 Å². The number of anilines is 3. The molecule has 1 aromatic heterocycles. The molecule has 2 fully saturated rings. The maximum Gasteiger partial charge on any atom is 0.307 e. The van der Waals surface area contributed by atoms with Gasteiger partial charge in [0.25, 0.3) is 0 Å². The second kappa shape index (κ2) is 8.65. The summed E-state index contributed by atoms with van der Waals surface area (Å²) in [6, 6.07) is 9.94. The Kier molecular flexibility index (Phi) is 5.80. The number of hydrogen-bond acceptors (Lipinski definition) is 7. The summed E-state index contributed by atoms with van der Waals surface area (Å²) in [4.78, 5) is 24.2. The van der Waals surface area contributed by atoms with Gasteiger partial charge < -0.3 is 25.4 Å². The summed E-state index contributed by atoms with van der Waals surface area (Å²) in [5.74, 6) is 1.79. The van der Waals surface area contributed by atoms with Crippen LogP contribution in [0.25, 0.3) is 0 Å². The van der Waals surface area contributed by atoms with Gasteiger partial charge in [-0.3, -0.25) is 4.79 Å². The molecule has 2 saturated heterocycles. The largest absolute Gasteiger partial charge is 0.481 e. The summed E-state index contributed by atoms with van der Waals surface area (Å²) < 4.78 is 5.42. The van der Waals surface area contributed by atoms with Gasteiger partial charge >= 0.3 is 5.97 Å². The van der Waals surface area contributed by atoms with Crippen LogP contribution in [0.3, 0.4) is 0 Å². The lowest BCUT2D eigenvalue weighted by Crippen LogP contribution is -2.37. The lowest BCUT2D eigenvalue weighted by Gasteiger charge is -2.29. The highest BCUT2D eigenvalue weighted by atomic mass is 16.5. The number of nitrogens with two attached hydrogens (primary N) is 1. The van der Waals surface area contributed by atoms with Crippen molar-refractivity contribution in [3.05, 3.63) is 41.5 Å². The van der Waals surface area contributed by atoms with Crippen LogP contribution in [0.4, 0.5) is 17.6 Å². The van der Waals surface area contributed by atoms with Crippen LogP contribution >= 0.6 is 0 Å². The summed E-state index contributed by atoms with van der Waals surface area (Å²) in [6.07, 6.45) is 2.13. The van der Waals surface area contributed by atoms with Crippen LogP contribution in [0.1, 0.15) is 17.5 Å². The molecular formula is C21H27N5O3. The number of morpholine rings is 1. The lowest BCUT2D eigenvalue weighted by atomic mass is 9.97. The summed E-state index contributed by atoms with van der Waals surface area (Å²) >= 11 is 0. The van der Waals surface area contributed by atoms with E-state index in [0.717, 1.165) is 56.2 Å². The Bertz CT molecular complexity index is 852. The molecule has 2 aromatic rings. The van der Waals surface area contributed by atoms with Crippen molar-refractivity contribution in [2.75, 3.05) is 54.9 Å². The molecule has 0 saturated carbocycles. The van der Waals surface area contributed by atoms with E-state index >= 15 is 0 Å². The van der Waals surface area contributed by atoms with Crippen LogP contribution in [0.15, 0.2) is 30.3 Å². The monoisotopic (exact) mass is 397 g/mol. The zero-order valence-corrected chi connectivity index (χ0v) is 16.5. The number of carbonyl (C=O) groups is 1. The molecule has 4 rings (SSSR count). The quantitative estimate of drug-likeness (QED) is 0.757. The van der Waals surface area contributed by atoms with Crippen LogP contribution in [0, 0.1) is 5.92 Å². The predicted molar refractivity (Wildman–Crippen MR) is 111 cm³/mol. The number of nitrogens with zero attached hydrogens (tertiary/aromatic N) is 4. The van der Waals surface area contributed by atoms with Crippen molar-refractivity contribution >= 4 is 23.6 Å². The minimum atomic E-state index is -0.801. The van der Waals surface area contributed by atoms with Gasteiger partial charge in [-0.15, -0.1) is 0 Å². The summed E-state index contributed by atoms with van der Waals surface area (Å²) in [6.45, 7) is 4.91. The molecule has 1 atom stereocenters. The number of ether oxygens (including phenoxy) is 1. The van der Waals surface area contributed by atoms with Crippen LogP contribution in [0.5, 0.6) is 0 Å². The van der Waals surface area contributed by atoms with E-state index in [1.54, 1.807) is 0 Å². The van der Waals surface area contributed by atoms with Gasteiger partial charge in [0.15, 0.2) is 0 Å². The minimum absolute atomic E-state index is 0.0676. The Morgan fingerprint density at radius 1 is 1.07 bits per heavy atom. The van der Waals surface area contributed by atoms with E-state index in [1.807, 2.05) is 30.3 Å². The van der Waals surface area contributed by atoms with Crippen LogP contribution in [-0.4, -0.2) is 60.4 Å². The molecule has 0 spiro atoms. The van der Waals surface area contributed by atoms with E-state index in [1.165, 1.54) is 5.56 Å². The second-order valence-electron chi connectivity index (χ2n) is 7.73. The van der Waals surface area contributed by atoms with Crippen molar-refractivity contribution in [2.24, 2.45) is 5.92 Å². The third-order valence-electron chi connectivity index (χ3n) is 5.56. The van der Waals surface area contributed by atoms with Crippen molar-refractivity contribution in [2.45, 2.75) is 19.3 Å². The highest BCUT2D eigenvalue weighted by molar-refractivity contribution is 5.70. The summed E-state index contributed by atoms with van der Waals surface area (Å²) in [5, 5.41) is 8.89. The van der Waals surface area contributed by atoms with Gasteiger partial charge in [-0.2, -0.15) is 9.97 Å². The Morgan fingerprint density at radius 3 is 2.41 bits per heavy atom. The SMILES string of the molecule is Nc1nc(N2CCOCC2)cc(N2CCC(Cc3ccc(CC(=O)O)cc3)C2)n1. The molecule has 2 aliphatic heterocycles. The maximum atomic E-state index is 10.8. The first kappa shape index (κ1) is 19.4. The molecule has 1 unspecified atom stereocenters. The number of benzene rings is 1. The number of carboxylic acids is 1. The minimum Gasteiger partial charge on any atom is -0.481 e. The Labute approximate surface area is 170 Å². The fraction of sp³-hybridized carbons (Fsp3) is 0.476. The molecule has 1 aromatic carbocycles. The maximum absolute atomic E-state index is 10.8. The zero-order chi connectivity index (χ0) is 20.2. The van der Waals surface area contributed by atoms with Gasteiger partial charge in [-0.25, -0.2) is 0 Å². The van der Waals surface area contributed by atoms with E-state index in [0.29, 0.717) is 25.1 Å². The molecule has 8 nitrogen and oxygen atoms in total. The molecule has 0 amide bonds. The molecular weight excluding hydrogens is 370 g/mol. The van der Waals surface area contributed by atoms with E-state index in [-0.39, 0.29) is 6.42 Å². The fourth-order valence-electron chi connectivity index (χ4n) is 4.06. The Hall–Kier alpha value is -2.87. The summed E-state index contributed by atoms with van der Waals surface area (Å²) in [7, 11) is 0. The predicted octanol–water partition coefficient (Wildman–Crippen LogP) is 1.59. The zero-order valence-electron chi connectivity index (χ0n) is 16.5. The fourth-order valence-corrected chi connectivity index (χ4v) is 4.06. The number of rotatable bonds is 6. The molecule has 0 radical (unpaired) electrons. The van der Waals surface area contributed by atoms with Gasteiger partial charge in [-0.05, 0) is 29.9 Å². The molecule has 154 valence electrons. The standard InChI is InChI=1S/C21H27N5O3/c22-21-23-18(25-7-9-29-10-8-25)13-19(24-21)26-6-5-17(14-26)11-15-1-3-16(4-2-15)12-20(27)28/h1-4,13,17H,5-12,14H2,(H,27,28)(H2,22,23,24). The number of hydrogen-bond donors (Lipinski definition) is 2. The molecule has 8 heteroatoms. The first-order valence-corrected chi connectivity index (χ1v) is 10.1. The van der Waals surface area contributed by atoms with Gasteiger partial charge in [-0.1, -0.05) is 24.3 Å². The highest BCUT2D eigenvalue weighted by Gasteiger charge is 2.25. The average Bonchev–Trinajstić information content (AvgIpc) is 3.18. The molecule has 0 bridgehead atoms. The molecule has 3 heterocycles. The Balaban J connectivity index is 1.39. The van der Waals surface area contributed by atoms with Crippen molar-refractivity contribution in [3.63, 3.8) is 0 Å². The van der Waals surface area contributed by atoms with E-state index in [2.05, 4.69) is 19.8 Å². The normalized spacial score (nSPS) is 19.5. The van der Waals surface area contributed by atoms with Crippen molar-refractivity contribution in [1.82, 2.24) is 9.97 Å². The highest BCUT2D eigenvalue weighted by Crippen LogP contribution is 2.28. The van der Waals surface area contributed by atoms with Crippen molar-refractivity contribution < 1.29 is 14.6 Å². The molecule has 29 heavy (non-hydrogen) atoms. The number of aliphatic carboxylic acids is 1. The van der Waals surface area contributed by atoms with Gasteiger partial charge in [0, 0.05) is 32.2 Å². The number of carboxylic acid groups (broad SMARTS) is 1. The topological polar surface area (TPSA) is 105 Å². The first-order chi connectivity index (χ1) is 14.1. The molecule has 2 aliphatic rings. The summed E-state index contributed by atoms with van der Waals surface area (Å²) in [5.41, 5.74) is 8.06. The molecule has 3 N–H and O–H groups in total. The lowest BCUT2D eigenvalue weighted by molar-refractivity contribution is -0.136. The van der Waals surface area contributed by atoms with E-state index in [4.69, 9.17) is 15.6 Å². The first-order valence-electron chi connectivity index (χ1n) is 10.1. The average molecular weight is 397 g/mol. The number of nitrogen functional groups attached to an aromatic ring is 1. The van der Waals surface area contributed by atoms with Crippen LogP contribution in [-0.2, 0) is 22.4 Å². The van der Waals surface area contributed by atoms with E-state index in [9.17, 15) is 4.79 Å². The molecule has 0 aliphatic carbocycles. The van der Waals surface area contributed by atoms with E-state index < -0.39 is 5.97 Å². The van der Waals surface area contributed by atoms with Crippen molar-refractivity contribution in [3.8, 4) is 0 Å². The van der Waals surface area contributed by atoms with Crippen molar-refractivity contribution in [1.29, 1.82) is 0 Å². The second-order valence-corrected chi connectivity index (χ2v) is 7.73. The van der Waals surface area contributed by atoms with Crippen LogP contribution in [0.2, 0.25) is 0 Å². The third kappa shape index (κ3) is 4.95. The number of aromatic nitrogens is 2. The third-order valence-corrected chi connectivity index (χ3v) is 5.56. The smallest absolute Gasteiger partial charge is 0.307 e. The van der Waals surface area contributed by atoms with Gasteiger partial charge in [0.2, 0.25) is 5.95 Å².